The number of nitrogens with two attached hydrogens (primary N) is 1. The third kappa shape index (κ3) is 4.36. The predicted molar refractivity (Wildman–Crippen MR) is 99.1 cm³/mol. The number of piperidine rings is 1. The van der Waals surface area contributed by atoms with Crippen molar-refractivity contribution in [3.8, 4) is 6.07 Å². The Hall–Kier alpha value is -2.80. The van der Waals surface area contributed by atoms with Gasteiger partial charge in [0.05, 0.1) is 11.6 Å². The third-order valence-electron chi connectivity index (χ3n) is 4.38. The van der Waals surface area contributed by atoms with Gasteiger partial charge >= 0.3 is 0 Å². The van der Waals surface area contributed by atoms with Gasteiger partial charge in [0.25, 0.3) is 0 Å². The van der Waals surface area contributed by atoms with Crippen LogP contribution in [0.4, 0.5) is 0 Å². The van der Waals surface area contributed by atoms with Crippen molar-refractivity contribution < 1.29 is 0 Å². The minimum Gasteiger partial charge on any atom is -0.368 e. The number of hydrogen-bond donors (Lipinski definition) is 1. The van der Waals surface area contributed by atoms with E-state index in [2.05, 4.69) is 53.5 Å². The molecule has 4 heteroatoms. The lowest BCUT2D eigenvalue weighted by molar-refractivity contribution is 0.197. The number of rotatable bonds is 6. The number of allylic oxidation sites excluding steroid dienone is 2. The molecule has 124 valence electrons. The van der Waals surface area contributed by atoms with E-state index in [0.29, 0.717) is 17.2 Å². The van der Waals surface area contributed by atoms with Gasteiger partial charge in [0, 0.05) is 30.1 Å². The molecule has 1 aliphatic heterocycles. The van der Waals surface area contributed by atoms with Gasteiger partial charge in [-0.3, -0.25) is 0 Å². The fourth-order valence-electron chi connectivity index (χ4n) is 3.12. The van der Waals surface area contributed by atoms with Crippen LogP contribution in [-0.4, -0.2) is 23.7 Å². The van der Waals surface area contributed by atoms with Crippen molar-refractivity contribution in [2.45, 2.75) is 31.7 Å². The molecular weight excluding hydrogens is 296 g/mol. The van der Waals surface area contributed by atoms with Gasteiger partial charge in [0.1, 0.15) is 0 Å². The van der Waals surface area contributed by atoms with Gasteiger partial charge < -0.3 is 10.7 Å². The molecule has 2 rings (SSSR count). The van der Waals surface area contributed by atoms with Crippen molar-refractivity contribution in [1.29, 1.82) is 5.26 Å². The minimum absolute atomic E-state index is 0.363. The highest BCUT2D eigenvalue weighted by Crippen LogP contribution is 2.29. The molecule has 4 nitrogen and oxygen atoms in total. The lowest BCUT2D eigenvalue weighted by Crippen LogP contribution is -2.40. The largest absolute Gasteiger partial charge is 0.368 e. The Morgan fingerprint density at radius 1 is 1.33 bits per heavy atom. The van der Waals surface area contributed by atoms with E-state index in [-0.39, 0.29) is 0 Å². The van der Waals surface area contributed by atoms with Crippen molar-refractivity contribution in [2.75, 3.05) is 6.54 Å². The number of likely N-dealkylation sites (tertiary alicyclic amines) is 1. The third-order valence-corrected chi connectivity index (χ3v) is 4.38. The zero-order valence-electron chi connectivity index (χ0n) is 14.0. The van der Waals surface area contributed by atoms with Crippen LogP contribution in [0, 0.1) is 11.3 Å². The average Bonchev–Trinajstić information content (AvgIpc) is 2.63. The van der Waals surface area contributed by atoms with Crippen LogP contribution in [0.15, 0.2) is 71.5 Å². The van der Waals surface area contributed by atoms with Crippen LogP contribution >= 0.6 is 0 Å². The Balaban J connectivity index is 2.29. The summed E-state index contributed by atoms with van der Waals surface area (Å²) in [6, 6.07) is 12.9. The molecule has 0 bridgehead atoms. The quantitative estimate of drug-likeness (QED) is 0.287. The molecule has 1 aliphatic rings. The zero-order chi connectivity index (χ0) is 17.4. The normalized spacial score (nSPS) is 18.4. The molecule has 1 heterocycles. The van der Waals surface area contributed by atoms with E-state index in [1.807, 2.05) is 12.1 Å². The zero-order valence-corrected chi connectivity index (χ0v) is 14.0. The topological polar surface area (TPSA) is 65.4 Å². The predicted octanol–water partition coefficient (Wildman–Crippen LogP) is 3.55. The van der Waals surface area contributed by atoms with Crippen LogP contribution in [-0.2, 0) is 6.42 Å². The van der Waals surface area contributed by atoms with Gasteiger partial charge in [-0.2, -0.15) is 10.4 Å². The number of hydrazone groups is 1. The van der Waals surface area contributed by atoms with Gasteiger partial charge in [-0.05, 0) is 37.3 Å². The monoisotopic (exact) mass is 320 g/mol. The molecule has 1 saturated heterocycles. The molecule has 0 amide bonds. The fraction of sp³-hybridized carbons (Fsp3) is 0.300. The Bertz CT molecular complexity index is 679. The van der Waals surface area contributed by atoms with Crippen molar-refractivity contribution in [2.24, 2.45) is 10.9 Å². The van der Waals surface area contributed by atoms with E-state index in [1.165, 1.54) is 12.0 Å². The molecule has 24 heavy (non-hydrogen) atoms. The van der Waals surface area contributed by atoms with Crippen LogP contribution in [0.3, 0.4) is 0 Å². The maximum atomic E-state index is 9.16. The van der Waals surface area contributed by atoms with Crippen LogP contribution in [0.25, 0.3) is 0 Å². The summed E-state index contributed by atoms with van der Waals surface area (Å²) in [4.78, 5) is 2.32. The molecule has 1 aromatic carbocycles. The maximum Gasteiger partial charge on any atom is 0.0992 e. The van der Waals surface area contributed by atoms with Crippen LogP contribution < -0.4 is 5.84 Å². The van der Waals surface area contributed by atoms with E-state index in [9.17, 15) is 0 Å². The highest BCUT2D eigenvalue weighted by molar-refractivity contribution is 5.74. The van der Waals surface area contributed by atoms with Crippen LogP contribution in [0.2, 0.25) is 0 Å². The van der Waals surface area contributed by atoms with Crippen molar-refractivity contribution in [3.05, 3.63) is 72.0 Å². The summed E-state index contributed by atoms with van der Waals surface area (Å²) >= 11 is 0. The lowest BCUT2D eigenvalue weighted by atomic mass is 9.93. The summed E-state index contributed by atoms with van der Waals surface area (Å²) < 4.78 is 0. The summed E-state index contributed by atoms with van der Waals surface area (Å²) in [5.41, 5.74) is 3.20. The van der Waals surface area contributed by atoms with Crippen LogP contribution in [0.1, 0.15) is 24.8 Å². The molecule has 2 N–H and O–H groups in total. The second kappa shape index (κ2) is 8.73. The number of benzene rings is 1. The van der Waals surface area contributed by atoms with E-state index < -0.39 is 0 Å². The first-order valence-corrected chi connectivity index (χ1v) is 8.20. The molecule has 1 fully saturated rings. The first-order valence-electron chi connectivity index (χ1n) is 8.20. The first-order chi connectivity index (χ1) is 11.7. The Kier molecular flexibility index (Phi) is 6.39. The Morgan fingerprint density at radius 3 is 2.75 bits per heavy atom. The number of nitrogens with zero attached hydrogens (tertiary/aromatic N) is 3. The molecule has 0 aromatic heterocycles. The number of hydrogen-bond acceptors (Lipinski definition) is 4. The van der Waals surface area contributed by atoms with E-state index >= 15 is 0 Å². The van der Waals surface area contributed by atoms with Gasteiger partial charge in [0.15, 0.2) is 0 Å². The fourth-order valence-corrected chi connectivity index (χ4v) is 3.12. The standard InChI is InChI=1S/C20H24N4/c1-16(15-21)17(2)20(11-12-23-22)24-13-7-6-10-19(24)14-18-8-4-3-5-9-18/h3-5,8-9,11-12,19H,1-2,6-7,10,13-14,22H2/b20-11+,23-12-. The highest BCUT2D eigenvalue weighted by atomic mass is 15.2. The van der Waals surface area contributed by atoms with Gasteiger partial charge in [0.2, 0.25) is 0 Å². The first kappa shape index (κ1) is 17.6. The lowest BCUT2D eigenvalue weighted by Gasteiger charge is -2.39. The SMILES string of the molecule is C=C(C#N)C(=C)/C(=C\C=N/N)N1CCCCC1Cc1ccccc1. The second-order valence-electron chi connectivity index (χ2n) is 5.95. The van der Waals surface area contributed by atoms with Crippen molar-refractivity contribution >= 4 is 6.21 Å². The van der Waals surface area contributed by atoms with Crippen LogP contribution in [0.5, 0.6) is 0 Å². The van der Waals surface area contributed by atoms with Crippen molar-refractivity contribution in [1.82, 2.24) is 4.90 Å². The number of nitriles is 1. The summed E-state index contributed by atoms with van der Waals surface area (Å²) in [6.45, 7) is 8.79. The summed E-state index contributed by atoms with van der Waals surface area (Å²) in [7, 11) is 0. The van der Waals surface area contributed by atoms with Gasteiger partial charge in [-0.25, -0.2) is 0 Å². The molecule has 0 spiro atoms. The van der Waals surface area contributed by atoms with E-state index in [4.69, 9.17) is 11.1 Å². The minimum atomic E-state index is 0.363. The summed E-state index contributed by atoms with van der Waals surface area (Å²) in [5, 5.41) is 12.7. The van der Waals surface area contributed by atoms with Crippen molar-refractivity contribution in [3.63, 3.8) is 0 Å². The summed E-state index contributed by atoms with van der Waals surface area (Å²) in [5.74, 6) is 5.26. The smallest absolute Gasteiger partial charge is 0.0992 e. The molecule has 1 atom stereocenters. The van der Waals surface area contributed by atoms with E-state index in [1.54, 1.807) is 6.21 Å². The molecular formula is C20H24N4. The molecule has 0 aliphatic carbocycles. The Morgan fingerprint density at radius 2 is 2.08 bits per heavy atom. The average molecular weight is 320 g/mol. The molecule has 1 unspecified atom stereocenters. The summed E-state index contributed by atoms with van der Waals surface area (Å²) in [6.07, 6.45) is 7.77. The molecule has 0 radical (unpaired) electrons. The van der Waals surface area contributed by atoms with Gasteiger partial charge in [-0.1, -0.05) is 43.5 Å². The molecule has 1 aromatic rings. The van der Waals surface area contributed by atoms with E-state index in [0.717, 1.165) is 31.5 Å². The Labute approximate surface area is 144 Å². The highest BCUT2D eigenvalue weighted by Gasteiger charge is 2.26. The maximum absolute atomic E-state index is 9.16. The second-order valence-corrected chi connectivity index (χ2v) is 5.95. The molecule has 0 saturated carbocycles. The van der Waals surface area contributed by atoms with Gasteiger partial charge in [-0.15, -0.1) is 0 Å².